The van der Waals surface area contributed by atoms with Crippen molar-refractivity contribution in [2.45, 2.75) is 19.6 Å². The van der Waals surface area contributed by atoms with Gasteiger partial charge in [0.1, 0.15) is 12.2 Å². The number of nitrogens with zero attached hydrogens (tertiary/aromatic N) is 5. The average molecular weight is 485 g/mol. The SMILES string of the molecule is CN=C(NCc1ccc(CN2CCOCC2)cc1)NCc1ncnn1C.I. The Kier molecular flexibility index (Phi) is 8.95. The Morgan fingerprint density at radius 2 is 1.78 bits per heavy atom. The van der Waals surface area contributed by atoms with Crippen LogP contribution in [0, 0.1) is 0 Å². The van der Waals surface area contributed by atoms with E-state index in [9.17, 15) is 0 Å². The highest BCUT2D eigenvalue weighted by molar-refractivity contribution is 14.0. The van der Waals surface area contributed by atoms with Crippen molar-refractivity contribution in [2.24, 2.45) is 12.0 Å². The molecule has 0 aliphatic carbocycles. The molecule has 0 saturated carbocycles. The first-order chi connectivity index (χ1) is 12.7. The van der Waals surface area contributed by atoms with Crippen LogP contribution in [0.1, 0.15) is 17.0 Å². The normalized spacial score (nSPS) is 15.3. The van der Waals surface area contributed by atoms with Crippen LogP contribution in [0.2, 0.25) is 0 Å². The highest BCUT2D eigenvalue weighted by atomic mass is 127. The van der Waals surface area contributed by atoms with Crippen molar-refractivity contribution in [3.05, 3.63) is 47.5 Å². The number of ether oxygens (including phenoxy) is 1. The van der Waals surface area contributed by atoms with Crippen LogP contribution >= 0.6 is 24.0 Å². The molecule has 27 heavy (non-hydrogen) atoms. The molecule has 1 aliphatic heterocycles. The summed E-state index contributed by atoms with van der Waals surface area (Å²) in [6.07, 6.45) is 1.55. The fourth-order valence-corrected chi connectivity index (χ4v) is 2.83. The molecular weight excluding hydrogens is 457 g/mol. The minimum absolute atomic E-state index is 0. The van der Waals surface area contributed by atoms with Gasteiger partial charge in [0, 0.05) is 40.3 Å². The topological polar surface area (TPSA) is 79.6 Å². The Balaban J connectivity index is 0.00000261. The van der Waals surface area contributed by atoms with E-state index in [0.29, 0.717) is 6.54 Å². The summed E-state index contributed by atoms with van der Waals surface area (Å²) in [5.74, 6) is 1.60. The van der Waals surface area contributed by atoms with Gasteiger partial charge in [-0.05, 0) is 11.1 Å². The lowest BCUT2D eigenvalue weighted by Gasteiger charge is -2.26. The number of rotatable bonds is 6. The molecule has 1 fully saturated rings. The summed E-state index contributed by atoms with van der Waals surface area (Å²) in [5.41, 5.74) is 2.55. The monoisotopic (exact) mass is 485 g/mol. The van der Waals surface area contributed by atoms with Gasteiger partial charge in [-0.2, -0.15) is 5.10 Å². The van der Waals surface area contributed by atoms with E-state index in [1.54, 1.807) is 18.1 Å². The maximum absolute atomic E-state index is 5.40. The molecule has 0 amide bonds. The number of halogens is 1. The van der Waals surface area contributed by atoms with Crippen molar-refractivity contribution < 1.29 is 4.74 Å². The van der Waals surface area contributed by atoms with E-state index in [4.69, 9.17) is 4.74 Å². The highest BCUT2D eigenvalue weighted by Crippen LogP contribution is 2.09. The third kappa shape index (κ3) is 6.74. The second-order valence-electron chi connectivity index (χ2n) is 6.28. The van der Waals surface area contributed by atoms with Gasteiger partial charge in [0.2, 0.25) is 0 Å². The predicted octanol–water partition coefficient (Wildman–Crippen LogP) is 1.13. The molecule has 1 aromatic heterocycles. The second kappa shape index (κ2) is 11.2. The van der Waals surface area contributed by atoms with Crippen molar-refractivity contribution in [1.29, 1.82) is 0 Å². The van der Waals surface area contributed by atoms with Crippen LogP contribution in [0.4, 0.5) is 0 Å². The molecule has 0 atom stereocenters. The quantitative estimate of drug-likeness (QED) is 0.363. The standard InChI is InChI=1S/C18H27N7O.HI/c1-19-18(21-12-17-22-14-23-24(17)2)20-11-15-3-5-16(6-4-15)13-25-7-9-26-10-8-25;/h3-6,14H,7-13H2,1-2H3,(H2,19,20,21);1H. The van der Waals surface area contributed by atoms with Crippen LogP contribution < -0.4 is 10.6 Å². The third-order valence-electron chi connectivity index (χ3n) is 4.44. The second-order valence-corrected chi connectivity index (χ2v) is 6.28. The van der Waals surface area contributed by atoms with Crippen LogP contribution in [-0.4, -0.2) is 59.0 Å². The Bertz CT molecular complexity index is 711. The maximum Gasteiger partial charge on any atom is 0.191 e. The molecule has 3 rings (SSSR count). The number of nitrogens with one attached hydrogen (secondary N) is 2. The molecule has 0 spiro atoms. The molecule has 8 nitrogen and oxygen atoms in total. The summed E-state index contributed by atoms with van der Waals surface area (Å²) >= 11 is 0. The van der Waals surface area contributed by atoms with Crippen molar-refractivity contribution in [2.75, 3.05) is 33.4 Å². The number of morpholine rings is 1. The molecule has 2 aromatic rings. The van der Waals surface area contributed by atoms with E-state index in [2.05, 4.69) is 54.9 Å². The zero-order chi connectivity index (χ0) is 18.2. The van der Waals surface area contributed by atoms with Crippen LogP contribution in [0.3, 0.4) is 0 Å². The molecule has 9 heteroatoms. The van der Waals surface area contributed by atoms with Gasteiger partial charge in [-0.1, -0.05) is 24.3 Å². The van der Waals surface area contributed by atoms with Crippen LogP contribution in [0.5, 0.6) is 0 Å². The van der Waals surface area contributed by atoms with Gasteiger partial charge in [0.05, 0.1) is 19.8 Å². The predicted molar refractivity (Wildman–Crippen MR) is 116 cm³/mol. The largest absolute Gasteiger partial charge is 0.379 e. The summed E-state index contributed by atoms with van der Waals surface area (Å²) in [6, 6.07) is 8.72. The van der Waals surface area contributed by atoms with Crippen molar-refractivity contribution >= 4 is 29.9 Å². The molecule has 0 bridgehead atoms. The summed E-state index contributed by atoms with van der Waals surface area (Å²) < 4.78 is 7.14. The molecule has 0 unspecified atom stereocenters. The maximum atomic E-state index is 5.40. The number of guanidine groups is 1. The fourth-order valence-electron chi connectivity index (χ4n) is 2.83. The molecule has 1 aliphatic rings. The minimum Gasteiger partial charge on any atom is -0.379 e. The molecule has 0 radical (unpaired) electrons. The lowest BCUT2D eigenvalue weighted by atomic mass is 10.1. The number of hydrogen-bond acceptors (Lipinski definition) is 5. The van der Waals surface area contributed by atoms with Crippen molar-refractivity contribution in [1.82, 2.24) is 30.3 Å². The van der Waals surface area contributed by atoms with Crippen LogP contribution in [-0.2, 0) is 31.4 Å². The summed E-state index contributed by atoms with van der Waals surface area (Å²) in [6.45, 7) is 5.97. The zero-order valence-electron chi connectivity index (χ0n) is 15.9. The minimum atomic E-state index is 0. The van der Waals surface area contributed by atoms with Gasteiger partial charge < -0.3 is 15.4 Å². The average Bonchev–Trinajstić information content (AvgIpc) is 3.09. The molecule has 2 heterocycles. The number of benzene rings is 1. The van der Waals surface area contributed by atoms with Gasteiger partial charge in [-0.15, -0.1) is 24.0 Å². The first-order valence-electron chi connectivity index (χ1n) is 8.90. The molecule has 148 valence electrons. The number of aryl methyl sites for hydroxylation is 1. The lowest BCUT2D eigenvalue weighted by molar-refractivity contribution is 0.0342. The third-order valence-corrected chi connectivity index (χ3v) is 4.44. The van der Waals surface area contributed by atoms with Gasteiger partial charge in [0.25, 0.3) is 0 Å². The Morgan fingerprint density at radius 3 is 2.41 bits per heavy atom. The lowest BCUT2D eigenvalue weighted by Crippen LogP contribution is -2.37. The molecular formula is C18H28IN7O. The Hall–Kier alpha value is -1.72. The zero-order valence-corrected chi connectivity index (χ0v) is 18.2. The van der Waals surface area contributed by atoms with Crippen LogP contribution in [0.25, 0.3) is 0 Å². The number of hydrogen-bond donors (Lipinski definition) is 2. The van der Waals surface area contributed by atoms with E-state index in [-0.39, 0.29) is 24.0 Å². The Morgan fingerprint density at radius 1 is 1.11 bits per heavy atom. The summed E-state index contributed by atoms with van der Waals surface area (Å²) in [4.78, 5) is 10.9. The van der Waals surface area contributed by atoms with E-state index in [1.165, 1.54) is 11.1 Å². The first kappa shape index (κ1) is 21.6. The van der Waals surface area contributed by atoms with E-state index >= 15 is 0 Å². The fraction of sp³-hybridized carbons (Fsp3) is 0.500. The number of aromatic nitrogens is 3. The molecule has 2 N–H and O–H groups in total. The number of aliphatic imine (C=N–C) groups is 1. The van der Waals surface area contributed by atoms with E-state index in [1.807, 2.05) is 7.05 Å². The van der Waals surface area contributed by atoms with Gasteiger partial charge in [-0.25, -0.2) is 4.98 Å². The van der Waals surface area contributed by atoms with Crippen LogP contribution in [0.15, 0.2) is 35.6 Å². The van der Waals surface area contributed by atoms with Gasteiger partial charge >= 0.3 is 0 Å². The Labute approximate surface area is 177 Å². The van der Waals surface area contributed by atoms with Crippen molar-refractivity contribution in [3.63, 3.8) is 0 Å². The molecule has 1 saturated heterocycles. The summed E-state index contributed by atoms with van der Waals surface area (Å²) in [5, 5.41) is 10.6. The van der Waals surface area contributed by atoms with E-state index in [0.717, 1.165) is 51.2 Å². The van der Waals surface area contributed by atoms with Gasteiger partial charge in [-0.3, -0.25) is 14.6 Å². The smallest absolute Gasteiger partial charge is 0.191 e. The van der Waals surface area contributed by atoms with Gasteiger partial charge in [0.15, 0.2) is 5.96 Å². The highest BCUT2D eigenvalue weighted by Gasteiger charge is 2.10. The molecule has 1 aromatic carbocycles. The van der Waals surface area contributed by atoms with E-state index < -0.39 is 0 Å². The summed E-state index contributed by atoms with van der Waals surface area (Å²) in [7, 11) is 3.64. The first-order valence-corrected chi connectivity index (χ1v) is 8.90. The van der Waals surface area contributed by atoms with Crippen molar-refractivity contribution in [3.8, 4) is 0 Å².